The number of hydrogen-bond acceptors (Lipinski definition) is 4. The van der Waals surface area contributed by atoms with E-state index in [1.165, 1.54) is 12.5 Å². The second kappa shape index (κ2) is 6.23. The Morgan fingerprint density at radius 2 is 1.87 bits per heavy atom. The van der Waals surface area contributed by atoms with Crippen LogP contribution in [0.15, 0.2) is 59.4 Å². The van der Waals surface area contributed by atoms with Gasteiger partial charge in [0.05, 0.1) is 11.8 Å². The van der Waals surface area contributed by atoms with E-state index in [9.17, 15) is 9.59 Å². The predicted octanol–water partition coefficient (Wildman–Crippen LogP) is 3.15. The van der Waals surface area contributed by atoms with Crippen LogP contribution in [0.3, 0.4) is 0 Å². The van der Waals surface area contributed by atoms with Gasteiger partial charge in [0.25, 0.3) is 5.91 Å². The summed E-state index contributed by atoms with van der Waals surface area (Å²) in [4.78, 5) is 22.8. The highest BCUT2D eigenvalue weighted by molar-refractivity contribution is 6.09. The Morgan fingerprint density at radius 3 is 2.57 bits per heavy atom. The number of amides is 1. The lowest BCUT2D eigenvalue weighted by Crippen LogP contribution is -2.12. The molecule has 0 unspecified atom stereocenters. The minimum Gasteiger partial charge on any atom is -0.481 e. The first-order chi connectivity index (χ1) is 11.1. The Morgan fingerprint density at radius 1 is 1.09 bits per heavy atom. The first kappa shape index (κ1) is 14.6. The molecule has 1 aromatic heterocycles. The van der Waals surface area contributed by atoms with E-state index < -0.39 is 12.6 Å². The van der Waals surface area contributed by atoms with Crippen LogP contribution in [0.5, 0.6) is 5.75 Å². The van der Waals surface area contributed by atoms with Crippen molar-refractivity contribution in [1.29, 1.82) is 0 Å². The topological polar surface area (TPSA) is 88.8 Å². The van der Waals surface area contributed by atoms with E-state index in [4.69, 9.17) is 14.3 Å². The van der Waals surface area contributed by atoms with E-state index in [0.29, 0.717) is 17.0 Å². The molecule has 6 nitrogen and oxygen atoms in total. The molecule has 0 spiro atoms. The van der Waals surface area contributed by atoms with Crippen LogP contribution in [-0.2, 0) is 4.79 Å². The van der Waals surface area contributed by atoms with Crippen LogP contribution in [0, 0.1) is 0 Å². The molecule has 2 aromatic carbocycles. The smallest absolute Gasteiger partial charge is 0.341 e. The summed E-state index contributed by atoms with van der Waals surface area (Å²) in [6.07, 6.45) is 2.79. The van der Waals surface area contributed by atoms with Crippen molar-refractivity contribution < 1.29 is 23.8 Å². The number of aliphatic carboxylic acids is 1. The molecule has 23 heavy (non-hydrogen) atoms. The summed E-state index contributed by atoms with van der Waals surface area (Å²) in [5.41, 5.74) is 1.02. The molecule has 1 amide bonds. The third-order valence-electron chi connectivity index (χ3n) is 3.27. The minimum absolute atomic E-state index is 0.289. The number of ether oxygens (including phenoxy) is 1. The molecule has 0 atom stereocenters. The molecule has 0 aliphatic rings. The largest absolute Gasteiger partial charge is 0.481 e. The standard InChI is InChI=1S/C17H13NO5/c19-16(20)10-23-15-6-5-14(12-3-1-2-4-13(12)15)18-17(21)11-7-8-22-9-11/h1-9H,10H2,(H,18,21)(H,19,20). The molecular formula is C17H13NO5. The zero-order chi connectivity index (χ0) is 16.2. The van der Waals surface area contributed by atoms with Gasteiger partial charge in [-0.15, -0.1) is 0 Å². The lowest BCUT2D eigenvalue weighted by atomic mass is 10.1. The van der Waals surface area contributed by atoms with Gasteiger partial charge in [-0.25, -0.2) is 4.79 Å². The van der Waals surface area contributed by atoms with E-state index in [1.54, 1.807) is 24.3 Å². The van der Waals surface area contributed by atoms with E-state index in [1.807, 2.05) is 18.2 Å². The fraction of sp³-hybridized carbons (Fsp3) is 0.0588. The van der Waals surface area contributed by atoms with Gasteiger partial charge in [-0.2, -0.15) is 0 Å². The van der Waals surface area contributed by atoms with Crippen molar-refractivity contribution in [2.45, 2.75) is 0 Å². The number of anilines is 1. The summed E-state index contributed by atoms with van der Waals surface area (Å²) < 4.78 is 10.2. The number of furan rings is 1. The Labute approximate surface area is 131 Å². The lowest BCUT2D eigenvalue weighted by Gasteiger charge is -2.12. The summed E-state index contributed by atoms with van der Waals surface area (Å²) >= 11 is 0. The van der Waals surface area contributed by atoms with Crippen LogP contribution in [0.1, 0.15) is 10.4 Å². The number of carbonyl (C=O) groups excluding carboxylic acids is 1. The lowest BCUT2D eigenvalue weighted by molar-refractivity contribution is -0.139. The molecule has 1 heterocycles. The minimum atomic E-state index is -1.05. The Hall–Kier alpha value is -3.28. The quantitative estimate of drug-likeness (QED) is 0.755. The number of benzene rings is 2. The maximum Gasteiger partial charge on any atom is 0.341 e. The maximum absolute atomic E-state index is 12.1. The van der Waals surface area contributed by atoms with E-state index in [0.717, 1.165) is 10.8 Å². The normalized spacial score (nSPS) is 10.4. The van der Waals surface area contributed by atoms with Gasteiger partial charge in [0.15, 0.2) is 6.61 Å². The number of carboxylic acids is 1. The van der Waals surface area contributed by atoms with Crippen LogP contribution in [0.2, 0.25) is 0 Å². The molecule has 0 saturated carbocycles. The predicted molar refractivity (Wildman–Crippen MR) is 83.7 cm³/mol. The van der Waals surface area contributed by atoms with Crippen LogP contribution in [0.4, 0.5) is 5.69 Å². The number of nitrogens with one attached hydrogen (secondary N) is 1. The summed E-state index contributed by atoms with van der Waals surface area (Å²) in [5, 5.41) is 13.0. The highest BCUT2D eigenvalue weighted by Crippen LogP contribution is 2.31. The third kappa shape index (κ3) is 3.16. The fourth-order valence-electron chi connectivity index (χ4n) is 2.23. The third-order valence-corrected chi connectivity index (χ3v) is 3.27. The highest BCUT2D eigenvalue weighted by Gasteiger charge is 2.12. The summed E-state index contributed by atoms with van der Waals surface area (Å²) in [5.74, 6) is -0.890. The summed E-state index contributed by atoms with van der Waals surface area (Å²) in [6, 6.07) is 12.2. The van der Waals surface area contributed by atoms with Crippen molar-refractivity contribution in [2.24, 2.45) is 0 Å². The number of carbonyl (C=O) groups is 2. The first-order valence-corrected chi connectivity index (χ1v) is 6.85. The highest BCUT2D eigenvalue weighted by atomic mass is 16.5. The van der Waals surface area contributed by atoms with Crippen molar-refractivity contribution in [3.8, 4) is 5.75 Å². The first-order valence-electron chi connectivity index (χ1n) is 6.85. The van der Waals surface area contributed by atoms with Gasteiger partial charge in [0, 0.05) is 16.5 Å². The number of hydrogen-bond donors (Lipinski definition) is 2. The van der Waals surface area contributed by atoms with Gasteiger partial charge in [-0.1, -0.05) is 24.3 Å². The molecular weight excluding hydrogens is 298 g/mol. The fourth-order valence-corrected chi connectivity index (χ4v) is 2.23. The van der Waals surface area contributed by atoms with Crippen LogP contribution in [0.25, 0.3) is 10.8 Å². The summed E-state index contributed by atoms with van der Waals surface area (Å²) in [7, 11) is 0. The number of carboxylic acid groups (broad SMARTS) is 1. The van der Waals surface area contributed by atoms with Crippen molar-refractivity contribution in [3.63, 3.8) is 0 Å². The van der Waals surface area contributed by atoms with Gasteiger partial charge in [0.2, 0.25) is 0 Å². The van der Waals surface area contributed by atoms with E-state index >= 15 is 0 Å². The molecule has 0 bridgehead atoms. The number of fused-ring (bicyclic) bond motifs is 1. The monoisotopic (exact) mass is 311 g/mol. The molecule has 0 radical (unpaired) electrons. The average molecular weight is 311 g/mol. The Balaban J connectivity index is 1.94. The van der Waals surface area contributed by atoms with Crippen LogP contribution in [-0.4, -0.2) is 23.6 Å². The molecule has 3 rings (SSSR count). The van der Waals surface area contributed by atoms with Gasteiger partial charge < -0.3 is 19.6 Å². The average Bonchev–Trinajstić information content (AvgIpc) is 3.08. The Bertz CT molecular complexity index is 855. The zero-order valence-electron chi connectivity index (χ0n) is 12.0. The van der Waals surface area contributed by atoms with E-state index in [2.05, 4.69) is 5.32 Å². The molecule has 0 aliphatic heterocycles. The zero-order valence-corrected chi connectivity index (χ0v) is 12.0. The van der Waals surface area contributed by atoms with Crippen molar-refractivity contribution in [3.05, 3.63) is 60.6 Å². The second-order valence-electron chi connectivity index (χ2n) is 4.81. The van der Waals surface area contributed by atoms with Crippen molar-refractivity contribution >= 4 is 28.3 Å². The number of rotatable bonds is 5. The molecule has 0 fully saturated rings. The van der Waals surface area contributed by atoms with Gasteiger partial charge >= 0.3 is 5.97 Å². The van der Waals surface area contributed by atoms with E-state index in [-0.39, 0.29) is 5.91 Å². The molecule has 116 valence electrons. The molecule has 2 N–H and O–H groups in total. The van der Waals surface area contributed by atoms with Crippen LogP contribution >= 0.6 is 0 Å². The second-order valence-corrected chi connectivity index (χ2v) is 4.81. The van der Waals surface area contributed by atoms with Crippen LogP contribution < -0.4 is 10.1 Å². The van der Waals surface area contributed by atoms with Crippen molar-refractivity contribution in [1.82, 2.24) is 0 Å². The van der Waals surface area contributed by atoms with Gasteiger partial charge in [-0.05, 0) is 18.2 Å². The van der Waals surface area contributed by atoms with Crippen molar-refractivity contribution in [2.75, 3.05) is 11.9 Å². The molecule has 6 heteroatoms. The molecule has 0 aliphatic carbocycles. The SMILES string of the molecule is O=C(O)COc1ccc(NC(=O)c2ccoc2)c2ccccc12. The Kier molecular flexibility index (Phi) is 3.97. The summed E-state index contributed by atoms with van der Waals surface area (Å²) in [6.45, 7) is -0.426. The molecule has 0 saturated heterocycles. The van der Waals surface area contributed by atoms with Gasteiger partial charge in [-0.3, -0.25) is 4.79 Å². The van der Waals surface area contributed by atoms with Gasteiger partial charge in [0.1, 0.15) is 12.0 Å². The molecule has 3 aromatic rings. The maximum atomic E-state index is 12.1.